The third-order valence-corrected chi connectivity index (χ3v) is 4.56. The van der Waals surface area contributed by atoms with Gasteiger partial charge in [0, 0.05) is 5.56 Å². The summed E-state index contributed by atoms with van der Waals surface area (Å²) >= 11 is 1.31. The Morgan fingerprint density at radius 2 is 2.16 bits per heavy atom. The number of hydrogen-bond acceptors (Lipinski definition) is 6. The molecule has 0 spiro atoms. The summed E-state index contributed by atoms with van der Waals surface area (Å²) in [6, 6.07) is 8.33. The summed E-state index contributed by atoms with van der Waals surface area (Å²) in [6.45, 7) is 0. The van der Waals surface area contributed by atoms with Crippen molar-refractivity contribution in [2.45, 2.75) is 12.5 Å². The smallest absolute Gasteiger partial charge is 0.268 e. The number of ether oxygens (including phenoxy) is 2. The number of aliphatic imine (C=N–C) groups is 1. The lowest BCUT2D eigenvalue weighted by Crippen LogP contribution is -2.46. The Kier molecular flexibility index (Phi) is 4.99. The fraction of sp³-hybridized carbons (Fsp3) is 0.235. The Bertz CT molecular complexity index is 817. The van der Waals surface area contributed by atoms with Crippen LogP contribution >= 0.6 is 11.3 Å². The molecule has 1 aliphatic rings. The molecule has 0 radical (unpaired) electrons. The zero-order chi connectivity index (χ0) is 17.8. The molecule has 3 rings (SSSR count). The summed E-state index contributed by atoms with van der Waals surface area (Å²) in [7, 11) is 3.12. The second kappa shape index (κ2) is 7.35. The van der Waals surface area contributed by atoms with Crippen LogP contribution in [0.1, 0.15) is 27.7 Å². The number of guanidine groups is 1. The topological polar surface area (TPSA) is 89.0 Å². The molecule has 1 aliphatic heterocycles. The molecular weight excluding hydrogens is 342 g/mol. The maximum absolute atomic E-state index is 12.2. The molecule has 2 amide bonds. The van der Waals surface area contributed by atoms with Crippen molar-refractivity contribution in [1.82, 2.24) is 10.6 Å². The summed E-state index contributed by atoms with van der Waals surface area (Å²) in [5.74, 6) is 0.831. The van der Waals surface area contributed by atoms with E-state index >= 15 is 0 Å². The van der Waals surface area contributed by atoms with Gasteiger partial charge >= 0.3 is 0 Å². The average molecular weight is 359 g/mol. The van der Waals surface area contributed by atoms with Gasteiger partial charge in [0.15, 0.2) is 0 Å². The molecule has 0 saturated carbocycles. The van der Waals surface area contributed by atoms with E-state index in [1.165, 1.54) is 11.3 Å². The second-order valence-electron chi connectivity index (χ2n) is 5.29. The van der Waals surface area contributed by atoms with Crippen molar-refractivity contribution in [3.63, 3.8) is 0 Å². The third-order valence-electron chi connectivity index (χ3n) is 3.69. The zero-order valence-corrected chi connectivity index (χ0v) is 14.6. The molecular formula is C17H17N3O4S. The largest absolute Gasteiger partial charge is 0.497 e. The van der Waals surface area contributed by atoms with Gasteiger partial charge in [0.05, 0.1) is 31.6 Å². The van der Waals surface area contributed by atoms with E-state index in [1.807, 2.05) is 0 Å². The Hall–Kier alpha value is -2.87. The minimum Gasteiger partial charge on any atom is -0.497 e. The van der Waals surface area contributed by atoms with E-state index in [-0.39, 0.29) is 24.2 Å². The van der Waals surface area contributed by atoms with Crippen LogP contribution < -0.4 is 20.1 Å². The molecule has 0 fully saturated rings. The van der Waals surface area contributed by atoms with E-state index < -0.39 is 6.04 Å². The molecule has 1 aromatic carbocycles. The first-order valence-corrected chi connectivity index (χ1v) is 8.43. The lowest BCUT2D eigenvalue weighted by molar-refractivity contribution is -0.120. The number of hydrogen-bond donors (Lipinski definition) is 2. The number of benzene rings is 1. The first-order chi connectivity index (χ1) is 12.1. The van der Waals surface area contributed by atoms with Gasteiger partial charge < -0.3 is 9.47 Å². The highest BCUT2D eigenvalue weighted by Crippen LogP contribution is 2.34. The van der Waals surface area contributed by atoms with Gasteiger partial charge in [0.1, 0.15) is 11.5 Å². The number of methoxy groups -OCH3 is 2. The first kappa shape index (κ1) is 17.0. The highest BCUT2D eigenvalue weighted by Gasteiger charge is 2.26. The van der Waals surface area contributed by atoms with Crippen LogP contribution in [0, 0.1) is 0 Å². The third kappa shape index (κ3) is 3.80. The van der Waals surface area contributed by atoms with Crippen LogP contribution in [0.25, 0.3) is 0 Å². The fourth-order valence-electron chi connectivity index (χ4n) is 2.51. The molecule has 2 heterocycles. The van der Waals surface area contributed by atoms with Crippen LogP contribution in [0.2, 0.25) is 0 Å². The van der Waals surface area contributed by atoms with Crippen molar-refractivity contribution in [3.05, 3.63) is 46.2 Å². The quantitative estimate of drug-likeness (QED) is 0.875. The normalized spacial score (nSPS) is 16.6. The zero-order valence-electron chi connectivity index (χ0n) is 13.7. The van der Waals surface area contributed by atoms with Crippen molar-refractivity contribution < 1.29 is 19.1 Å². The number of nitrogens with one attached hydrogen (secondary N) is 2. The maximum atomic E-state index is 12.2. The van der Waals surface area contributed by atoms with E-state index in [0.717, 1.165) is 5.56 Å². The van der Waals surface area contributed by atoms with Gasteiger partial charge in [-0.15, -0.1) is 11.3 Å². The number of carbonyl (C=O) groups is 2. The molecule has 7 nitrogen and oxygen atoms in total. The number of rotatable bonds is 4. The monoisotopic (exact) mass is 359 g/mol. The van der Waals surface area contributed by atoms with Gasteiger partial charge in [0.25, 0.3) is 5.91 Å². The number of carbonyl (C=O) groups excluding carboxylic acids is 2. The van der Waals surface area contributed by atoms with Crippen molar-refractivity contribution >= 4 is 29.1 Å². The summed E-state index contributed by atoms with van der Waals surface area (Å²) in [4.78, 5) is 29.2. The summed E-state index contributed by atoms with van der Waals surface area (Å²) < 4.78 is 10.6. The van der Waals surface area contributed by atoms with Crippen molar-refractivity contribution in [2.75, 3.05) is 14.2 Å². The standard InChI is InChI=1S/C17H17N3O4S/c1-23-10-5-6-13(24-2)11(8-10)12-9-15(21)19-17(18-12)20-16(22)14-4-3-7-25-14/h3-8,12H,9H2,1-2H3,(H2,18,19,20,21,22). The minimum atomic E-state index is -0.475. The van der Waals surface area contributed by atoms with E-state index in [0.29, 0.717) is 16.4 Å². The molecule has 0 bridgehead atoms. The molecule has 0 saturated heterocycles. The predicted octanol–water partition coefficient (Wildman–Crippen LogP) is 2.11. The lowest BCUT2D eigenvalue weighted by Gasteiger charge is -2.23. The second-order valence-corrected chi connectivity index (χ2v) is 6.23. The van der Waals surface area contributed by atoms with Gasteiger partial charge in [-0.25, -0.2) is 4.99 Å². The number of thiophene rings is 1. The molecule has 2 N–H and O–H groups in total. The number of amides is 2. The average Bonchev–Trinajstić information content (AvgIpc) is 3.15. The Balaban J connectivity index is 1.88. The first-order valence-electron chi connectivity index (χ1n) is 7.55. The van der Waals surface area contributed by atoms with Crippen molar-refractivity contribution in [3.8, 4) is 11.5 Å². The highest BCUT2D eigenvalue weighted by molar-refractivity contribution is 7.12. The van der Waals surface area contributed by atoms with Crippen LogP contribution in [-0.2, 0) is 4.79 Å². The fourth-order valence-corrected chi connectivity index (χ4v) is 3.13. The Labute approximate surface area is 148 Å². The van der Waals surface area contributed by atoms with E-state index in [1.54, 1.807) is 49.9 Å². The van der Waals surface area contributed by atoms with Crippen LogP contribution in [0.4, 0.5) is 0 Å². The molecule has 2 aromatic rings. The van der Waals surface area contributed by atoms with Crippen molar-refractivity contribution in [2.24, 2.45) is 4.99 Å². The molecule has 1 unspecified atom stereocenters. The highest BCUT2D eigenvalue weighted by atomic mass is 32.1. The van der Waals surface area contributed by atoms with Crippen LogP contribution in [-0.4, -0.2) is 32.0 Å². The molecule has 25 heavy (non-hydrogen) atoms. The molecule has 0 aliphatic carbocycles. The van der Waals surface area contributed by atoms with Crippen LogP contribution in [0.15, 0.2) is 40.7 Å². The lowest BCUT2D eigenvalue weighted by atomic mass is 10.0. The van der Waals surface area contributed by atoms with Gasteiger partial charge in [-0.2, -0.15) is 0 Å². The summed E-state index contributed by atoms with van der Waals surface area (Å²) in [6.07, 6.45) is 0.155. The van der Waals surface area contributed by atoms with Crippen molar-refractivity contribution in [1.29, 1.82) is 0 Å². The van der Waals surface area contributed by atoms with Gasteiger partial charge in [0.2, 0.25) is 11.9 Å². The molecule has 1 aromatic heterocycles. The minimum absolute atomic E-state index is 0.129. The van der Waals surface area contributed by atoms with E-state index in [4.69, 9.17) is 9.47 Å². The van der Waals surface area contributed by atoms with E-state index in [2.05, 4.69) is 15.6 Å². The van der Waals surface area contributed by atoms with E-state index in [9.17, 15) is 9.59 Å². The van der Waals surface area contributed by atoms with Crippen LogP contribution in [0.3, 0.4) is 0 Å². The Morgan fingerprint density at radius 3 is 2.84 bits per heavy atom. The predicted molar refractivity (Wildman–Crippen MR) is 94.3 cm³/mol. The maximum Gasteiger partial charge on any atom is 0.268 e. The molecule has 1 atom stereocenters. The van der Waals surface area contributed by atoms with Gasteiger partial charge in [-0.3, -0.25) is 20.2 Å². The van der Waals surface area contributed by atoms with Gasteiger partial charge in [-0.1, -0.05) is 6.07 Å². The number of nitrogens with zero attached hydrogens (tertiary/aromatic N) is 1. The Morgan fingerprint density at radius 1 is 1.32 bits per heavy atom. The van der Waals surface area contributed by atoms with Gasteiger partial charge in [-0.05, 0) is 29.6 Å². The SMILES string of the molecule is COc1ccc(OC)c(C2CC(=O)NC(NC(=O)c3cccs3)=N2)c1. The summed E-state index contributed by atoms with van der Waals surface area (Å²) in [5.41, 5.74) is 0.722. The molecule has 130 valence electrons. The van der Waals surface area contributed by atoms with Crippen LogP contribution in [0.5, 0.6) is 11.5 Å². The molecule has 8 heteroatoms. The summed E-state index contributed by atoms with van der Waals surface area (Å²) in [5, 5.41) is 7.03.